The third-order valence-electron chi connectivity index (χ3n) is 14.6. The number of phenolic OH excluding ortho intramolecular Hbond substituents is 1. The first-order valence-electron chi connectivity index (χ1n) is 22.7. The molecule has 1 aliphatic carbocycles. The van der Waals surface area contributed by atoms with Gasteiger partial charge in [0.2, 0.25) is 0 Å². The van der Waals surface area contributed by atoms with Crippen LogP contribution in [-0.2, 0) is 0 Å². The number of imidazole rings is 1. The lowest BCUT2D eigenvalue weighted by molar-refractivity contribution is 0.164. The van der Waals surface area contributed by atoms with Gasteiger partial charge in [0.25, 0.3) is 0 Å². The van der Waals surface area contributed by atoms with E-state index in [1.165, 1.54) is 58.7 Å². The van der Waals surface area contributed by atoms with Gasteiger partial charge in [0.05, 0.1) is 44.9 Å². The fourth-order valence-corrected chi connectivity index (χ4v) is 11.4. The van der Waals surface area contributed by atoms with Crippen molar-refractivity contribution in [1.82, 2.24) is 19.1 Å². The first-order chi connectivity index (χ1) is 31.4. The van der Waals surface area contributed by atoms with Crippen LogP contribution in [0.1, 0.15) is 74.3 Å². The summed E-state index contributed by atoms with van der Waals surface area (Å²) in [6, 6.07) is 57.9. The third-order valence-corrected chi connectivity index (χ3v) is 14.6. The summed E-state index contributed by atoms with van der Waals surface area (Å²) in [5.41, 5.74) is 16.4. The van der Waals surface area contributed by atoms with Crippen LogP contribution in [0.25, 0.3) is 83.4 Å². The van der Waals surface area contributed by atoms with Crippen LogP contribution in [0.4, 0.5) is 0 Å². The Morgan fingerprint density at radius 3 is 2.25 bits per heavy atom. The van der Waals surface area contributed by atoms with Crippen molar-refractivity contribution in [3.8, 4) is 62.1 Å². The second kappa shape index (κ2) is 14.0. The first-order valence-corrected chi connectivity index (χ1v) is 22.7. The van der Waals surface area contributed by atoms with Gasteiger partial charge in [0.1, 0.15) is 17.3 Å². The number of benzene rings is 7. The van der Waals surface area contributed by atoms with E-state index in [1.54, 1.807) is 6.07 Å². The Balaban J connectivity index is 1.07. The van der Waals surface area contributed by atoms with E-state index in [4.69, 9.17) is 14.7 Å². The molecular formula is C58H46N4O2. The van der Waals surface area contributed by atoms with Gasteiger partial charge in [-0.15, -0.1) is 0 Å². The maximum Gasteiger partial charge on any atom is 0.187 e. The summed E-state index contributed by atoms with van der Waals surface area (Å²) in [6.07, 6.45) is 6.50. The Morgan fingerprint density at radius 2 is 1.41 bits per heavy atom. The van der Waals surface area contributed by atoms with Crippen LogP contribution < -0.4 is 4.74 Å². The molecule has 6 nitrogen and oxygen atoms in total. The predicted octanol–water partition coefficient (Wildman–Crippen LogP) is 14.6. The highest BCUT2D eigenvalue weighted by molar-refractivity contribution is 6.18. The number of aromatic hydroxyl groups is 1. The van der Waals surface area contributed by atoms with E-state index in [0.29, 0.717) is 22.7 Å². The molecule has 3 aromatic heterocycles. The van der Waals surface area contributed by atoms with Crippen LogP contribution in [-0.4, -0.2) is 24.2 Å². The van der Waals surface area contributed by atoms with Crippen molar-refractivity contribution < 1.29 is 9.84 Å². The van der Waals surface area contributed by atoms with E-state index in [-0.39, 0.29) is 17.9 Å². The summed E-state index contributed by atoms with van der Waals surface area (Å²) in [4.78, 5) is 10.5. The molecule has 0 radical (unpaired) electrons. The van der Waals surface area contributed by atoms with Gasteiger partial charge >= 0.3 is 0 Å². The number of fused-ring (bicyclic) bond motifs is 9. The van der Waals surface area contributed by atoms with Crippen LogP contribution in [0, 0.1) is 5.41 Å². The maximum absolute atomic E-state index is 11.6. The Morgan fingerprint density at radius 1 is 0.641 bits per heavy atom. The van der Waals surface area contributed by atoms with Crippen molar-refractivity contribution in [2.75, 3.05) is 0 Å². The number of phenols is 1. The van der Waals surface area contributed by atoms with E-state index >= 15 is 0 Å². The molecule has 10 aromatic rings. The zero-order valence-electron chi connectivity index (χ0n) is 35.9. The van der Waals surface area contributed by atoms with Gasteiger partial charge in [0.15, 0.2) is 6.23 Å². The SMILES string of the molecule is CC1(C)CCC(c2ccc(-n3c(-c4ccccc4O)nc4c(-c5cc(-c6ccccn6)c6c7cccc8c7n(c6c5)C5Oc6ccccc6C85)cccc43)c(-c3ccccc3)c2)CC1. The summed E-state index contributed by atoms with van der Waals surface area (Å²) in [6.45, 7) is 4.81. The minimum absolute atomic E-state index is 0.108. The lowest BCUT2D eigenvalue weighted by Crippen LogP contribution is -2.20. The van der Waals surface area contributed by atoms with Gasteiger partial charge in [-0.05, 0) is 120 Å². The summed E-state index contributed by atoms with van der Waals surface area (Å²) in [5, 5.41) is 13.9. The molecule has 64 heavy (non-hydrogen) atoms. The van der Waals surface area contributed by atoms with Crippen LogP contribution in [0.3, 0.4) is 0 Å². The molecule has 3 aliphatic rings. The molecule has 2 aliphatic heterocycles. The predicted molar refractivity (Wildman–Crippen MR) is 258 cm³/mol. The summed E-state index contributed by atoms with van der Waals surface area (Å²) < 4.78 is 11.6. The number of pyridine rings is 1. The lowest BCUT2D eigenvalue weighted by Gasteiger charge is -2.34. The Kier molecular flexibility index (Phi) is 8.14. The number of hydrogen-bond acceptors (Lipinski definition) is 4. The number of nitrogens with zero attached hydrogens (tertiary/aromatic N) is 4. The molecule has 2 unspecified atom stereocenters. The van der Waals surface area contributed by atoms with Gasteiger partial charge in [0, 0.05) is 39.2 Å². The zero-order chi connectivity index (χ0) is 42.7. The molecule has 1 saturated carbocycles. The molecule has 6 heteroatoms. The van der Waals surface area contributed by atoms with Crippen LogP contribution in [0.15, 0.2) is 170 Å². The molecule has 0 spiro atoms. The highest BCUT2D eigenvalue weighted by atomic mass is 16.5. The van der Waals surface area contributed by atoms with E-state index in [2.05, 4.69) is 156 Å². The van der Waals surface area contributed by atoms with Crippen molar-refractivity contribution in [3.63, 3.8) is 0 Å². The standard InChI is InChI=1S/C58H46N4O2/c1-58(2)29-27-35(28-30-58)37-25-26-47(44(32-37)36-14-4-3-5-15-36)61-48-22-13-18-39(54(48)60-56(61)40-16-6-8-23-50(40)63)38-33-45(46-21-10-11-31-59-46)52-42-19-12-20-43-53-41-17-7-9-24-51(41)64-57(53)62(55(42)43)49(52)34-38/h3-26,31-35,53,57,63H,27-30H2,1-2H3. The van der Waals surface area contributed by atoms with E-state index < -0.39 is 0 Å². The second-order valence-electron chi connectivity index (χ2n) is 18.8. The minimum Gasteiger partial charge on any atom is -0.507 e. The smallest absolute Gasteiger partial charge is 0.187 e. The fourth-order valence-electron chi connectivity index (χ4n) is 11.4. The van der Waals surface area contributed by atoms with Crippen molar-refractivity contribution >= 4 is 32.8 Å². The van der Waals surface area contributed by atoms with Crippen molar-refractivity contribution in [1.29, 1.82) is 0 Å². The van der Waals surface area contributed by atoms with Crippen molar-refractivity contribution in [2.45, 2.75) is 57.6 Å². The minimum atomic E-state index is -0.205. The first kappa shape index (κ1) is 37.1. The molecule has 2 atom stereocenters. The molecule has 310 valence electrons. The van der Waals surface area contributed by atoms with Crippen LogP contribution in [0.5, 0.6) is 11.5 Å². The summed E-state index contributed by atoms with van der Waals surface area (Å²) in [7, 11) is 0. The average molecular weight is 831 g/mol. The van der Waals surface area contributed by atoms with Gasteiger partial charge < -0.3 is 14.4 Å². The second-order valence-corrected chi connectivity index (χ2v) is 18.8. The van der Waals surface area contributed by atoms with Crippen molar-refractivity contribution in [2.24, 2.45) is 5.41 Å². The number of hydrogen-bond donors (Lipinski definition) is 1. The molecule has 0 saturated heterocycles. The molecule has 1 N–H and O–H groups in total. The van der Waals surface area contributed by atoms with Gasteiger partial charge in [-0.25, -0.2) is 4.98 Å². The Labute approximate surface area is 372 Å². The molecule has 0 amide bonds. The maximum atomic E-state index is 11.6. The van der Waals surface area contributed by atoms with Crippen LogP contribution in [0.2, 0.25) is 0 Å². The van der Waals surface area contributed by atoms with Gasteiger partial charge in [-0.2, -0.15) is 0 Å². The lowest BCUT2D eigenvalue weighted by atomic mass is 9.71. The van der Waals surface area contributed by atoms with Gasteiger partial charge in [-0.3, -0.25) is 9.55 Å². The zero-order valence-corrected chi connectivity index (χ0v) is 35.9. The van der Waals surface area contributed by atoms with Crippen molar-refractivity contribution in [3.05, 3.63) is 187 Å². The number of aromatic nitrogens is 4. The monoisotopic (exact) mass is 830 g/mol. The molecular weight excluding hydrogens is 785 g/mol. The fraction of sp³-hybridized carbons (Fsp3) is 0.172. The van der Waals surface area contributed by atoms with Crippen LogP contribution >= 0.6 is 0 Å². The molecule has 0 bridgehead atoms. The molecule has 1 fully saturated rings. The third kappa shape index (κ3) is 5.57. The number of rotatable bonds is 6. The number of ether oxygens (including phenoxy) is 1. The molecule has 13 rings (SSSR count). The summed E-state index contributed by atoms with van der Waals surface area (Å²) in [5.74, 6) is 2.44. The molecule has 7 aromatic carbocycles. The normalized spacial score (nSPS) is 17.5. The van der Waals surface area contributed by atoms with E-state index in [1.807, 2.05) is 30.5 Å². The quantitative estimate of drug-likeness (QED) is 0.181. The summed E-state index contributed by atoms with van der Waals surface area (Å²) >= 11 is 0. The van der Waals surface area contributed by atoms with E-state index in [0.717, 1.165) is 61.5 Å². The Bertz CT molecular complexity index is 3480. The van der Waals surface area contributed by atoms with Gasteiger partial charge in [-0.1, -0.05) is 117 Å². The highest BCUT2D eigenvalue weighted by Crippen LogP contribution is 2.57. The Hall–Kier alpha value is -7.44. The number of para-hydroxylation sites is 4. The highest BCUT2D eigenvalue weighted by Gasteiger charge is 2.45. The average Bonchev–Trinajstić information content (AvgIpc) is 4.09. The topological polar surface area (TPSA) is 65.1 Å². The molecule has 5 heterocycles. The van der Waals surface area contributed by atoms with E-state index in [9.17, 15) is 5.11 Å². The largest absolute Gasteiger partial charge is 0.507 e.